The van der Waals surface area contributed by atoms with E-state index in [0.717, 1.165) is 0 Å². The van der Waals surface area contributed by atoms with Crippen molar-refractivity contribution in [3.63, 3.8) is 0 Å². The number of alkyl halides is 3. The zero-order chi connectivity index (χ0) is 14.9. The van der Waals surface area contributed by atoms with Gasteiger partial charge in [-0.3, -0.25) is 4.18 Å². The Balaban J connectivity index is 1.75. The molecule has 0 radical (unpaired) electrons. The molecule has 2 saturated carbocycles. The fourth-order valence-corrected chi connectivity index (χ4v) is 5.24. The van der Waals surface area contributed by atoms with Crippen molar-refractivity contribution in [1.29, 1.82) is 0 Å². The fraction of sp³-hybridized carbons (Fsp3) is 0.727. The summed E-state index contributed by atoms with van der Waals surface area (Å²) < 4.78 is 70.0. The molecule has 5 nitrogen and oxygen atoms in total. The van der Waals surface area contributed by atoms with E-state index in [-0.39, 0.29) is 18.3 Å². The highest BCUT2D eigenvalue weighted by Crippen LogP contribution is 2.55. The van der Waals surface area contributed by atoms with Crippen molar-refractivity contribution in [3.8, 4) is 0 Å². The lowest BCUT2D eigenvalue weighted by atomic mass is 9.94. The van der Waals surface area contributed by atoms with Crippen LogP contribution in [-0.2, 0) is 23.8 Å². The molecule has 112 valence electrons. The predicted molar refractivity (Wildman–Crippen MR) is 58.9 cm³/mol. The Morgan fingerprint density at radius 3 is 2.55 bits per heavy atom. The Hall–Kier alpha value is -1.09. The molecule has 3 rings (SSSR count). The molecule has 0 aromatic carbocycles. The van der Waals surface area contributed by atoms with E-state index >= 15 is 0 Å². The second-order valence-corrected chi connectivity index (χ2v) is 7.12. The summed E-state index contributed by atoms with van der Waals surface area (Å²) in [6.45, 7) is 2.66. The number of fused-ring (bicyclic) bond motifs is 1. The molecule has 0 aromatic rings. The molecule has 3 aliphatic rings. The van der Waals surface area contributed by atoms with E-state index in [4.69, 9.17) is 8.92 Å². The van der Waals surface area contributed by atoms with Crippen LogP contribution in [0.3, 0.4) is 0 Å². The van der Waals surface area contributed by atoms with Gasteiger partial charge in [0.25, 0.3) is 10.1 Å². The van der Waals surface area contributed by atoms with Crippen LogP contribution in [0.4, 0.5) is 13.2 Å². The number of halogens is 3. The molecule has 1 aliphatic heterocycles. The van der Waals surface area contributed by atoms with E-state index < -0.39 is 45.3 Å². The quantitative estimate of drug-likeness (QED) is 0.435. The molecule has 0 spiro atoms. The van der Waals surface area contributed by atoms with Gasteiger partial charge >= 0.3 is 12.1 Å². The maximum Gasteiger partial charge on any atom is 0.422 e. The number of carbonyl (C=O) groups is 1. The van der Waals surface area contributed by atoms with Crippen LogP contribution in [0.5, 0.6) is 0 Å². The summed E-state index contributed by atoms with van der Waals surface area (Å²) >= 11 is 0. The molecule has 0 amide bonds. The maximum atomic E-state index is 12.3. The Labute approximate surface area is 112 Å². The molecule has 5 atom stereocenters. The van der Waals surface area contributed by atoms with Gasteiger partial charge in [0.05, 0.1) is 5.25 Å². The molecule has 0 aromatic heterocycles. The summed E-state index contributed by atoms with van der Waals surface area (Å²) in [5.41, 5.74) is -1.60. The number of rotatable bonds is 2. The zero-order valence-corrected chi connectivity index (χ0v) is 10.9. The molecule has 1 heterocycles. The molecule has 0 N–H and O–H groups in total. The average Bonchev–Trinajstić information content (AvgIpc) is 2.90. The van der Waals surface area contributed by atoms with Crippen molar-refractivity contribution in [2.75, 3.05) is 0 Å². The van der Waals surface area contributed by atoms with Gasteiger partial charge in [-0.05, 0) is 12.8 Å². The molecule has 20 heavy (non-hydrogen) atoms. The third-order valence-corrected chi connectivity index (χ3v) is 6.02. The summed E-state index contributed by atoms with van der Waals surface area (Å²) in [5, 5.41) is -0.613. The molecule has 5 unspecified atom stereocenters. The summed E-state index contributed by atoms with van der Waals surface area (Å²) in [6, 6.07) is 0. The fourth-order valence-electron chi connectivity index (χ4n) is 3.35. The van der Waals surface area contributed by atoms with Crippen LogP contribution < -0.4 is 0 Å². The third-order valence-electron chi connectivity index (χ3n) is 4.25. The highest BCUT2D eigenvalue weighted by molar-refractivity contribution is 7.87. The second-order valence-electron chi connectivity index (χ2n) is 5.33. The van der Waals surface area contributed by atoms with Gasteiger partial charge in [-0.1, -0.05) is 6.58 Å². The van der Waals surface area contributed by atoms with Crippen LogP contribution in [0.2, 0.25) is 0 Å². The molecule has 1 saturated heterocycles. The summed E-state index contributed by atoms with van der Waals surface area (Å²) in [7, 11) is -3.68. The van der Waals surface area contributed by atoms with Crippen LogP contribution in [0.15, 0.2) is 12.2 Å². The van der Waals surface area contributed by atoms with Crippen LogP contribution in [0.25, 0.3) is 0 Å². The number of carbonyl (C=O) groups excluding carboxylic acids is 1. The van der Waals surface area contributed by atoms with Crippen LogP contribution in [-0.4, -0.2) is 38.0 Å². The van der Waals surface area contributed by atoms with Gasteiger partial charge in [0.2, 0.25) is 0 Å². The third kappa shape index (κ3) is 1.86. The Kier molecular flexibility index (Phi) is 2.75. The molecule has 2 bridgehead atoms. The first-order chi connectivity index (χ1) is 9.11. The van der Waals surface area contributed by atoms with Crippen molar-refractivity contribution >= 4 is 16.1 Å². The van der Waals surface area contributed by atoms with E-state index in [1.54, 1.807) is 0 Å². The number of esters is 1. The number of hydrogen-bond acceptors (Lipinski definition) is 5. The Morgan fingerprint density at radius 2 is 1.95 bits per heavy atom. The molecular weight excluding hydrogens is 301 g/mol. The first-order valence-corrected chi connectivity index (χ1v) is 7.47. The van der Waals surface area contributed by atoms with E-state index in [1.165, 1.54) is 0 Å². The van der Waals surface area contributed by atoms with Crippen molar-refractivity contribution in [2.45, 2.75) is 36.5 Å². The minimum atomic E-state index is -4.86. The normalized spacial score (nSPS) is 40.9. The van der Waals surface area contributed by atoms with Crippen molar-refractivity contribution in [3.05, 3.63) is 12.2 Å². The van der Waals surface area contributed by atoms with E-state index in [9.17, 15) is 26.4 Å². The highest BCUT2D eigenvalue weighted by atomic mass is 32.2. The van der Waals surface area contributed by atoms with Gasteiger partial charge < -0.3 is 4.74 Å². The molecule has 3 fully saturated rings. The Morgan fingerprint density at radius 1 is 1.30 bits per heavy atom. The van der Waals surface area contributed by atoms with E-state index in [2.05, 4.69) is 6.58 Å². The van der Waals surface area contributed by atoms with Crippen LogP contribution >= 0.6 is 0 Å². The topological polar surface area (TPSA) is 69.7 Å². The minimum Gasteiger partial charge on any atom is -0.456 e. The lowest BCUT2D eigenvalue weighted by Gasteiger charge is -2.25. The van der Waals surface area contributed by atoms with Crippen molar-refractivity contribution < 1.29 is 35.3 Å². The molecule has 9 heteroatoms. The number of ether oxygens (including phenoxy) is 1. The van der Waals surface area contributed by atoms with E-state index in [0.29, 0.717) is 6.42 Å². The monoisotopic (exact) mass is 312 g/mol. The first kappa shape index (κ1) is 13.9. The standard InChI is InChI=1S/C11H11F3O5S/c1-4(11(12,13)14)10(15)18-8-5-2-6-7(3-5)20(16,17)19-9(6)8/h5-9H,1-3H2. The molecular formula is C11H11F3O5S. The van der Waals surface area contributed by atoms with Crippen molar-refractivity contribution in [1.82, 2.24) is 0 Å². The lowest BCUT2D eigenvalue weighted by molar-refractivity contribution is -0.161. The highest BCUT2D eigenvalue weighted by Gasteiger charge is 2.65. The van der Waals surface area contributed by atoms with Gasteiger partial charge in [-0.15, -0.1) is 0 Å². The van der Waals surface area contributed by atoms with Gasteiger partial charge in [0.1, 0.15) is 17.8 Å². The second kappa shape index (κ2) is 3.97. The summed E-state index contributed by atoms with van der Waals surface area (Å²) in [4.78, 5) is 11.4. The molecule has 2 aliphatic carbocycles. The smallest absolute Gasteiger partial charge is 0.422 e. The van der Waals surface area contributed by atoms with Crippen molar-refractivity contribution in [2.24, 2.45) is 11.8 Å². The van der Waals surface area contributed by atoms with E-state index in [1.807, 2.05) is 0 Å². The SMILES string of the molecule is C=C(C(=O)OC1C2CC3C1OS(=O)(=O)C3C2)C(F)(F)F. The predicted octanol–water partition coefficient (Wildman–Crippen LogP) is 1.15. The Bertz CT molecular complexity index is 581. The summed E-state index contributed by atoms with van der Waals surface area (Å²) in [5.74, 6) is -2.13. The van der Waals surface area contributed by atoms with Crippen LogP contribution in [0.1, 0.15) is 12.8 Å². The average molecular weight is 312 g/mol. The summed E-state index contributed by atoms with van der Waals surface area (Å²) in [6.07, 6.45) is -5.90. The lowest BCUT2D eigenvalue weighted by Crippen LogP contribution is -2.38. The maximum absolute atomic E-state index is 12.3. The largest absolute Gasteiger partial charge is 0.456 e. The van der Waals surface area contributed by atoms with Gasteiger partial charge in [0.15, 0.2) is 0 Å². The minimum absolute atomic E-state index is 0.264. The van der Waals surface area contributed by atoms with Gasteiger partial charge in [-0.25, -0.2) is 4.79 Å². The van der Waals surface area contributed by atoms with Gasteiger partial charge in [0, 0.05) is 11.8 Å². The number of hydrogen-bond donors (Lipinski definition) is 0. The van der Waals surface area contributed by atoms with Crippen LogP contribution in [0, 0.1) is 11.8 Å². The zero-order valence-electron chi connectivity index (χ0n) is 10.1. The first-order valence-electron chi connectivity index (χ1n) is 6.00. The van der Waals surface area contributed by atoms with Gasteiger partial charge in [-0.2, -0.15) is 21.6 Å².